The maximum absolute atomic E-state index is 11.3. The number of hydrogen-bond donors (Lipinski definition) is 3. The van der Waals surface area contributed by atoms with Crippen LogP contribution in [0.25, 0.3) is 0 Å². The molecule has 7 nitrogen and oxygen atoms in total. The van der Waals surface area contributed by atoms with E-state index in [-0.39, 0.29) is 29.9 Å². The van der Waals surface area contributed by atoms with E-state index in [0.29, 0.717) is 6.04 Å². The Morgan fingerprint density at radius 2 is 2.07 bits per heavy atom. The minimum Gasteiger partial charge on any atom is -0.386 e. The largest absolute Gasteiger partial charge is 0.386 e. The summed E-state index contributed by atoms with van der Waals surface area (Å²) in [6.45, 7) is 0.888. The van der Waals surface area contributed by atoms with Crippen molar-refractivity contribution in [3.8, 4) is 0 Å². The van der Waals surface area contributed by atoms with E-state index in [4.69, 9.17) is 9.29 Å². The molecule has 0 aromatic heterocycles. The van der Waals surface area contributed by atoms with Crippen LogP contribution in [0.5, 0.6) is 0 Å². The molecule has 0 saturated carbocycles. The van der Waals surface area contributed by atoms with E-state index in [9.17, 15) is 18.6 Å². The summed E-state index contributed by atoms with van der Waals surface area (Å²) < 4.78 is 38.2. The number of allylic oxidation sites excluding steroid dienone is 1. The Balaban J connectivity index is 1.64. The number of aliphatic hydroxyl groups excluding tert-OH is 2. The zero-order chi connectivity index (χ0) is 19.9. The van der Waals surface area contributed by atoms with Crippen LogP contribution in [0.15, 0.2) is 35.5 Å². The van der Waals surface area contributed by atoms with Gasteiger partial charge in [0, 0.05) is 17.4 Å². The van der Waals surface area contributed by atoms with E-state index in [1.807, 2.05) is 12.2 Å². The third-order valence-corrected chi connectivity index (χ3v) is 8.48. The van der Waals surface area contributed by atoms with Crippen molar-refractivity contribution in [2.45, 2.75) is 55.6 Å². The molecule has 28 heavy (non-hydrogen) atoms. The second-order valence-electron chi connectivity index (χ2n) is 8.97. The average Bonchev–Trinajstić information content (AvgIpc) is 2.93. The van der Waals surface area contributed by atoms with Gasteiger partial charge >= 0.3 is 0 Å². The molecule has 2 fully saturated rings. The first-order chi connectivity index (χ1) is 13.2. The lowest BCUT2D eigenvalue weighted by atomic mass is 9.50. The van der Waals surface area contributed by atoms with E-state index in [1.54, 1.807) is 6.08 Å². The van der Waals surface area contributed by atoms with Crippen molar-refractivity contribution >= 4 is 10.1 Å². The number of piperidine rings is 1. The highest BCUT2D eigenvalue weighted by Gasteiger charge is 2.71. The van der Waals surface area contributed by atoms with E-state index < -0.39 is 34.0 Å². The molecule has 5 aliphatic rings. The molecule has 2 bridgehead atoms. The van der Waals surface area contributed by atoms with E-state index in [1.165, 1.54) is 0 Å². The first kappa shape index (κ1) is 19.0. The SMILES string of the molecule is CN1CC[C@]23C4=C5C=CC(O)C4(CCCS(=O)(=O)O)O[C@H]2[C@@H](O)C=C[C@H]3[C@H]1C5. The zero-order valence-electron chi connectivity index (χ0n) is 15.9. The van der Waals surface area contributed by atoms with Gasteiger partial charge in [0.15, 0.2) is 0 Å². The normalized spacial score (nSPS) is 46.8. The van der Waals surface area contributed by atoms with Crippen molar-refractivity contribution in [2.75, 3.05) is 19.3 Å². The molecule has 0 aromatic rings. The van der Waals surface area contributed by atoms with Crippen molar-refractivity contribution in [2.24, 2.45) is 11.3 Å². The van der Waals surface area contributed by atoms with E-state index >= 15 is 0 Å². The lowest BCUT2D eigenvalue weighted by Gasteiger charge is -2.58. The van der Waals surface area contributed by atoms with Crippen molar-refractivity contribution < 1.29 is 27.9 Å². The molecule has 8 heteroatoms. The molecule has 5 rings (SSSR count). The second-order valence-corrected chi connectivity index (χ2v) is 10.5. The standard InChI is InChI=1S/C20H27NO6S/c1-21-9-8-19-13-4-5-15(22)18(19)27-20(7-2-10-28(24,25)26)16(23)6-3-12(17(19)20)11-14(13)21/h3-6,13-16,18,22-23H,2,7-11H2,1H3,(H,24,25,26)/t13-,14+,15-,16?,18-,19-,20?/m0/s1. The van der Waals surface area contributed by atoms with Crippen molar-refractivity contribution in [1.29, 1.82) is 0 Å². The number of aliphatic hydroxyl groups is 2. The van der Waals surface area contributed by atoms with Crippen LogP contribution >= 0.6 is 0 Å². The third kappa shape index (κ3) is 2.36. The summed E-state index contributed by atoms with van der Waals surface area (Å²) >= 11 is 0. The minimum absolute atomic E-state index is 0.181. The van der Waals surface area contributed by atoms with Gasteiger partial charge in [-0.3, -0.25) is 4.55 Å². The maximum atomic E-state index is 11.3. The molecule has 2 unspecified atom stereocenters. The highest BCUT2D eigenvalue weighted by Crippen LogP contribution is 2.67. The summed E-state index contributed by atoms with van der Waals surface area (Å²) in [6, 6.07) is 0.316. The third-order valence-electron chi connectivity index (χ3n) is 7.67. The van der Waals surface area contributed by atoms with Gasteiger partial charge in [0.1, 0.15) is 11.7 Å². The lowest BCUT2D eigenvalue weighted by molar-refractivity contribution is -0.143. The Morgan fingerprint density at radius 3 is 2.82 bits per heavy atom. The summed E-state index contributed by atoms with van der Waals surface area (Å²) in [5.74, 6) is -0.176. The van der Waals surface area contributed by atoms with Crippen LogP contribution in [-0.2, 0) is 14.9 Å². The summed E-state index contributed by atoms with van der Waals surface area (Å²) in [5.41, 5.74) is 0.803. The van der Waals surface area contributed by atoms with E-state index in [2.05, 4.69) is 18.0 Å². The second kappa shape index (κ2) is 6.00. The molecule has 2 heterocycles. The molecule has 154 valence electrons. The van der Waals surface area contributed by atoms with Crippen LogP contribution in [0, 0.1) is 11.3 Å². The highest BCUT2D eigenvalue weighted by atomic mass is 32.2. The molecular formula is C20H27NO6S. The van der Waals surface area contributed by atoms with E-state index in [0.717, 1.165) is 30.5 Å². The predicted molar refractivity (Wildman–Crippen MR) is 102 cm³/mol. The zero-order valence-corrected chi connectivity index (χ0v) is 16.7. The number of likely N-dealkylation sites (tertiary alicyclic amines) is 1. The van der Waals surface area contributed by atoms with Gasteiger partial charge in [-0.05, 0) is 50.4 Å². The molecule has 2 aliphatic heterocycles. The van der Waals surface area contributed by atoms with Gasteiger partial charge in [0.05, 0.1) is 18.0 Å². The molecule has 0 amide bonds. The van der Waals surface area contributed by atoms with Gasteiger partial charge in [0.2, 0.25) is 0 Å². The Bertz CT molecular complexity index is 894. The van der Waals surface area contributed by atoms with Crippen LogP contribution in [0.4, 0.5) is 0 Å². The average molecular weight is 410 g/mol. The Labute approximate surface area is 165 Å². The molecule has 3 N–H and O–H groups in total. The molecule has 0 radical (unpaired) electrons. The van der Waals surface area contributed by atoms with Gasteiger partial charge in [-0.15, -0.1) is 0 Å². The first-order valence-corrected chi connectivity index (χ1v) is 11.6. The topological polar surface area (TPSA) is 107 Å². The molecule has 3 aliphatic carbocycles. The van der Waals surface area contributed by atoms with Gasteiger partial charge in [-0.1, -0.05) is 24.3 Å². The van der Waals surface area contributed by atoms with Crippen LogP contribution in [0.2, 0.25) is 0 Å². The van der Waals surface area contributed by atoms with Gasteiger partial charge in [-0.2, -0.15) is 8.42 Å². The number of hydrogen-bond acceptors (Lipinski definition) is 6. The Hall–Kier alpha value is -1.03. The Morgan fingerprint density at radius 1 is 1.29 bits per heavy atom. The van der Waals surface area contributed by atoms with Crippen molar-refractivity contribution in [1.82, 2.24) is 4.90 Å². The van der Waals surface area contributed by atoms with Crippen LogP contribution < -0.4 is 0 Å². The predicted octanol–water partition coefficient (Wildman–Crippen LogP) is 0.660. The quantitative estimate of drug-likeness (QED) is 0.462. The molecule has 2 saturated heterocycles. The van der Waals surface area contributed by atoms with Gasteiger partial charge < -0.3 is 19.8 Å². The number of nitrogens with zero attached hydrogens (tertiary/aromatic N) is 1. The minimum atomic E-state index is -4.09. The van der Waals surface area contributed by atoms with Crippen molar-refractivity contribution in [3.05, 3.63) is 35.5 Å². The maximum Gasteiger partial charge on any atom is 0.264 e. The smallest absolute Gasteiger partial charge is 0.264 e. The lowest BCUT2D eigenvalue weighted by Crippen LogP contribution is -2.62. The van der Waals surface area contributed by atoms with Crippen LogP contribution in [-0.4, -0.2) is 77.4 Å². The number of ether oxygens (including phenoxy) is 1. The van der Waals surface area contributed by atoms with Crippen LogP contribution in [0.1, 0.15) is 25.7 Å². The molecule has 7 atom stereocenters. The molecular weight excluding hydrogens is 382 g/mol. The van der Waals surface area contributed by atoms with Gasteiger partial charge in [-0.25, -0.2) is 0 Å². The fraction of sp³-hybridized carbons (Fsp3) is 0.700. The summed E-state index contributed by atoms with van der Waals surface area (Å²) in [4.78, 5) is 2.37. The first-order valence-electron chi connectivity index (χ1n) is 9.99. The molecule has 0 aromatic carbocycles. The molecule has 1 spiro atoms. The Kier molecular flexibility index (Phi) is 4.06. The number of rotatable bonds is 4. The van der Waals surface area contributed by atoms with Crippen molar-refractivity contribution in [3.63, 3.8) is 0 Å². The monoisotopic (exact) mass is 409 g/mol. The highest BCUT2D eigenvalue weighted by molar-refractivity contribution is 7.85. The summed E-state index contributed by atoms with van der Waals surface area (Å²) in [6.07, 6.45) is 7.67. The summed E-state index contributed by atoms with van der Waals surface area (Å²) in [5, 5.41) is 21.8. The summed E-state index contributed by atoms with van der Waals surface area (Å²) in [7, 11) is -1.95. The van der Waals surface area contributed by atoms with Gasteiger partial charge in [0.25, 0.3) is 10.1 Å². The fourth-order valence-electron chi connectivity index (χ4n) is 6.63. The van der Waals surface area contributed by atoms with Crippen LogP contribution in [0.3, 0.4) is 0 Å². The fourth-order valence-corrected chi connectivity index (χ4v) is 7.14.